The van der Waals surface area contributed by atoms with E-state index in [4.69, 9.17) is 12.2 Å². The molecule has 1 aliphatic heterocycles. The van der Waals surface area contributed by atoms with E-state index in [0.29, 0.717) is 10.7 Å². The van der Waals surface area contributed by atoms with Crippen molar-refractivity contribution in [2.24, 2.45) is 0 Å². The molecular formula is C18H22FN3S. The van der Waals surface area contributed by atoms with Gasteiger partial charge in [-0.3, -0.25) is 0 Å². The Hall–Kier alpha value is -1.88. The van der Waals surface area contributed by atoms with Gasteiger partial charge in [0.25, 0.3) is 0 Å². The highest BCUT2D eigenvalue weighted by Gasteiger charge is 2.31. The Morgan fingerprint density at radius 3 is 2.87 bits per heavy atom. The molecule has 0 fully saturated rings. The fourth-order valence-electron chi connectivity index (χ4n) is 3.10. The normalized spacial score (nSPS) is 17.0. The third kappa shape index (κ3) is 3.24. The molecule has 0 saturated heterocycles. The highest BCUT2D eigenvalue weighted by molar-refractivity contribution is 7.80. The average molecular weight is 331 g/mol. The highest BCUT2D eigenvalue weighted by atomic mass is 32.1. The second-order valence-corrected chi connectivity index (χ2v) is 6.22. The van der Waals surface area contributed by atoms with Crippen LogP contribution in [0.15, 0.2) is 42.6 Å². The number of nitrogens with zero attached hydrogens (tertiary/aromatic N) is 2. The molecule has 3 rings (SSSR count). The predicted molar refractivity (Wildman–Crippen MR) is 94.9 cm³/mol. The van der Waals surface area contributed by atoms with Crippen LogP contribution in [0, 0.1) is 5.82 Å². The van der Waals surface area contributed by atoms with E-state index in [1.54, 1.807) is 6.07 Å². The third-order valence-corrected chi connectivity index (χ3v) is 4.68. The van der Waals surface area contributed by atoms with Crippen molar-refractivity contribution in [3.8, 4) is 0 Å². The van der Waals surface area contributed by atoms with Crippen LogP contribution in [0.4, 0.5) is 4.39 Å². The molecule has 5 heteroatoms. The van der Waals surface area contributed by atoms with E-state index >= 15 is 0 Å². The minimum absolute atomic E-state index is 0.179. The summed E-state index contributed by atoms with van der Waals surface area (Å²) >= 11 is 5.59. The van der Waals surface area contributed by atoms with Gasteiger partial charge in [0, 0.05) is 37.1 Å². The molecule has 0 amide bonds. The fraction of sp³-hybridized carbons (Fsp3) is 0.389. The molecule has 2 aromatic rings. The van der Waals surface area contributed by atoms with E-state index in [-0.39, 0.29) is 11.9 Å². The molecule has 0 bridgehead atoms. The summed E-state index contributed by atoms with van der Waals surface area (Å²) in [5, 5.41) is 4.03. The lowest BCUT2D eigenvalue weighted by atomic mass is 10.00. The Kier molecular flexibility index (Phi) is 4.96. The fourth-order valence-corrected chi connectivity index (χ4v) is 3.40. The maximum atomic E-state index is 14.4. The molecule has 1 aromatic carbocycles. The number of rotatable bonds is 4. The molecule has 1 N–H and O–H groups in total. The first-order valence-electron chi connectivity index (χ1n) is 8.16. The van der Waals surface area contributed by atoms with E-state index in [1.165, 1.54) is 6.07 Å². The molecule has 122 valence electrons. The third-order valence-electron chi connectivity index (χ3n) is 4.31. The largest absolute Gasteiger partial charge is 0.363 e. The minimum atomic E-state index is -0.187. The summed E-state index contributed by atoms with van der Waals surface area (Å²) in [5.41, 5.74) is 1.76. The quantitative estimate of drug-likeness (QED) is 0.681. The highest BCUT2D eigenvalue weighted by Crippen LogP contribution is 2.33. The van der Waals surface area contributed by atoms with Crippen molar-refractivity contribution >= 4 is 17.3 Å². The lowest BCUT2D eigenvalue weighted by Gasteiger charge is -2.39. The van der Waals surface area contributed by atoms with Gasteiger partial charge in [0.05, 0.1) is 6.04 Å². The molecule has 0 saturated carbocycles. The van der Waals surface area contributed by atoms with Crippen molar-refractivity contribution in [1.29, 1.82) is 0 Å². The molecule has 23 heavy (non-hydrogen) atoms. The van der Waals surface area contributed by atoms with Crippen LogP contribution in [-0.2, 0) is 6.54 Å². The molecular weight excluding hydrogens is 309 g/mol. The lowest BCUT2D eigenvalue weighted by molar-refractivity contribution is 0.280. The van der Waals surface area contributed by atoms with E-state index in [0.717, 1.165) is 38.2 Å². The number of thiocarbonyl (C=S) groups is 1. The van der Waals surface area contributed by atoms with E-state index in [9.17, 15) is 4.39 Å². The van der Waals surface area contributed by atoms with E-state index in [2.05, 4.69) is 27.8 Å². The first kappa shape index (κ1) is 16.0. The van der Waals surface area contributed by atoms with Gasteiger partial charge in [-0.05, 0) is 36.8 Å². The number of nitrogens with one attached hydrogen (secondary N) is 1. The van der Waals surface area contributed by atoms with Gasteiger partial charge >= 0.3 is 0 Å². The molecule has 0 spiro atoms. The Morgan fingerprint density at radius 2 is 2.09 bits per heavy atom. The number of halogens is 1. The van der Waals surface area contributed by atoms with Gasteiger partial charge < -0.3 is 14.8 Å². The summed E-state index contributed by atoms with van der Waals surface area (Å²) in [5.74, 6) is -0.187. The van der Waals surface area contributed by atoms with Crippen molar-refractivity contribution in [2.45, 2.75) is 32.4 Å². The molecule has 1 atom stereocenters. The van der Waals surface area contributed by atoms with Crippen LogP contribution in [0.5, 0.6) is 0 Å². The maximum absolute atomic E-state index is 14.4. The van der Waals surface area contributed by atoms with Gasteiger partial charge in [0.15, 0.2) is 5.11 Å². The molecule has 2 heterocycles. The zero-order chi connectivity index (χ0) is 16.2. The second kappa shape index (κ2) is 7.13. The number of fused-ring (bicyclic) bond motifs is 1. The Labute approximate surface area is 142 Å². The number of aromatic nitrogens is 1. The summed E-state index contributed by atoms with van der Waals surface area (Å²) in [4.78, 5) is 2.11. The van der Waals surface area contributed by atoms with Gasteiger partial charge in [-0.25, -0.2) is 4.39 Å². The van der Waals surface area contributed by atoms with Gasteiger partial charge in [-0.2, -0.15) is 0 Å². The number of benzene rings is 1. The average Bonchev–Trinajstić information content (AvgIpc) is 3.03. The SMILES string of the molecule is CCCCNC(=S)N1CCn2cccc2[C@@H]1c1ccccc1F. The van der Waals surface area contributed by atoms with E-state index < -0.39 is 0 Å². The van der Waals surface area contributed by atoms with Crippen LogP contribution in [0.25, 0.3) is 0 Å². The van der Waals surface area contributed by atoms with Gasteiger partial charge in [-0.15, -0.1) is 0 Å². The van der Waals surface area contributed by atoms with Crippen molar-refractivity contribution in [3.63, 3.8) is 0 Å². The van der Waals surface area contributed by atoms with Crippen molar-refractivity contribution in [2.75, 3.05) is 13.1 Å². The summed E-state index contributed by atoms with van der Waals surface area (Å²) in [6.45, 7) is 4.65. The zero-order valence-corrected chi connectivity index (χ0v) is 14.2. The monoisotopic (exact) mass is 331 g/mol. The van der Waals surface area contributed by atoms with Gasteiger partial charge in [0.1, 0.15) is 5.82 Å². The summed E-state index contributed by atoms with van der Waals surface area (Å²) in [7, 11) is 0. The summed E-state index contributed by atoms with van der Waals surface area (Å²) < 4.78 is 16.6. The smallest absolute Gasteiger partial charge is 0.169 e. The topological polar surface area (TPSA) is 20.2 Å². The molecule has 1 aliphatic rings. The molecule has 0 aliphatic carbocycles. The van der Waals surface area contributed by atoms with Gasteiger partial charge in [0.2, 0.25) is 0 Å². The molecule has 0 radical (unpaired) electrons. The van der Waals surface area contributed by atoms with Crippen LogP contribution in [-0.4, -0.2) is 27.7 Å². The van der Waals surface area contributed by atoms with Crippen LogP contribution >= 0.6 is 12.2 Å². The summed E-state index contributed by atoms with van der Waals surface area (Å²) in [6.07, 6.45) is 4.25. The Bertz CT molecular complexity index is 682. The van der Waals surface area contributed by atoms with E-state index in [1.807, 2.05) is 24.4 Å². The maximum Gasteiger partial charge on any atom is 0.169 e. The number of hydrogen-bond donors (Lipinski definition) is 1. The molecule has 3 nitrogen and oxygen atoms in total. The summed E-state index contributed by atoms with van der Waals surface area (Å²) in [6, 6.07) is 10.9. The van der Waals surface area contributed by atoms with Gasteiger partial charge in [-0.1, -0.05) is 31.5 Å². The van der Waals surface area contributed by atoms with Crippen molar-refractivity contribution in [1.82, 2.24) is 14.8 Å². The molecule has 1 aromatic heterocycles. The lowest BCUT2D eigenvalue weighted by Crippen LogP contribution is -2.47. The van der Waals surface area contributed by atoms with Crippen molar-refractivity contribution < 1.29 is 4.39 Å². The predicted octanol–water partition coefficient (Wildman–Crippen LogP) is 3.71. The Balaban J connectivity index is 1.93. The number of hydrogen-bond acceptors (Lipinski definition) is 1. The van der Waals surface area contributed by atoms with Crippen LogP contribution < -0.4 is 5.32 Å². The van der Waals surface area contributed by atoms with Crippen LogP contribution in [0.3, 0.4) is 0 Å². The standard InChI is InChI=1S/C18H22FN3S/c1-2-3-10-20-18(23)22-13-12-21-11-6-9-16(21)17(22)14-7-4-5-8-15(14)19/h4-9,11,17H,2-3,10,12-13H2,1H3,(H,20,23)/t17-/m0/s1. The van der Waals surface area contributed by atoms with Crippen molar-refractivity contribution in [3.05, 3.63) is 59.7 Å². The Morgan fingerprint density at radius 1 is 1.26 bits per heavy atom. The number of unbranched alkanes of at least 4 members (excludes halogenated alkanes) is 1. The van der Waals surface area contributed by atoms with Crippen LogP contribution in [0.2, 0.25) is 0 Å². The second-order valence-electron chi connectivity index (χ2n) is 5.83. The van der Waals surface area contributed by atoms with Crippen LogP contribution in [0.1, 0.15) is 37.1 Å². The molecule has 0 unspecified atom stereocenters. The first-order chi connectivity index (χ1) is 11.2. The first-order valence-corrected chi connectivity index (χ1v) is 8.57. The minimum Gasteiger partial charge on any atom is -0.363 e. The zero-order valence-electron chi connectivity index (χ0n) is 13.3.